The van der Waals surface area contributed by atoms with Gasteiger partial charge in [-0.2, -0.15) is 0 Å². The first-order valence-corrected chi connectivity index (χ1v) is 11.0. The number of hydrogen-bond donors (Lipinski definition) is 4. The van der Waals surface area contributed by atoms with Crippen molar-refractivity contribution in [3.05, 3.63) is 76.4 Å². The first-order chi connectivity index (χ1) is 16.4. The average Bonchev–Trinajstić information content (AvgIpc) is 3.20. The van der Waals surface area contributed by atoms with Crippen molar-refractivity contribution in [3.8, 4) is 5.75 Å². The van der Waals surface area contributed by atoms with Crippen molar-refractivity contribution in [2.75, 3.05) is 20.3 Å². The molecule has 2 heterocycles. The number of amides is 2. The molecule has 10 heteroatoms. The van der Waals surface area contributed by atoms with Crippen LogP contribution in [0.5, 0.6) is 5.75 Å². The minimum absolute atomic E-state index is 0.0145. The third-order valence-corrected chi connectivity index (χ3v) is 6.09. The number of primary amides is 1. The number of carbonyl (C=O) groups is 2. The number of rotatable bonds is 7. The topological polar surface area (TPSA) is 132 Å². The highest BCUT2D eigenvalue weighted by atomic mass is 19.1. The summed E-state index contributed by atoms with van der Waals surface area (Å²) in [6.45, 7) is 1.27. The highest BCUT2D eigenvalue weighted by Gasteiger charge is 2.38. The van der Waals surface area contributed by atoms with Crippen LogP contribution >= 0.6 is 0 Å². The Labute approximate surface area is 196 Å². The second-order valence-corrected chi connectivity index (χ2v) is 8.18. The number of nitrogens with zero attached hydrogens (tertiary/aromatic N) is 1. The van der Waals surface area contributed by atoms with E-state index >= 15 is 4.39 Å². The maximum Gasteiger partial charge on any atom is 0.255 e. The zero-order valence-electron chi connectivity index (χ0n) is 18.8. The molecule has 2 aromatic rings. The molecule has 2 aromatic carbocycles. The van der Waals surface area contributed by atoms with Crippen LogP contribution in [-0.2, 0) is 16.1 Å². The molecule has 0 radical (unpaired) electrons. The minimum atomic E-state index is -0.808. The number of nitrogens with two attached hydrogens (primary N) is 2. The SMILES string of the molecule is COc1ccccc1C(=O)NCc1ccc(C2NN(C3CCOCC3)C(N)=C2C(N)=O)c(F)c1. The van der Waals surface area contributed by atoms with Crippen LogP contribution in [0, 0.1) is 5.82 Å². The van der Waals surface area contributed by atoms with Gasteiger partial charge in [-0.15, -0.1) is 0 Å². The predicted molar refractivity (Wildman–Crippen MR) is 123 cm³/mol. The highest BCUT2D eigenvalue weighted by molar-refractivity contribution is 5.97. The summed E-state index contributed by atoms with van der Waals surface area (Å²) in [5.41, 5.74) is 16.3. The lowest BCUT2D eigenvalue weighted by Crippen LogP contribution is -2.46. The van der Waals surface area contributed by atoms with E-state index in [1.54, 1.807) is 41.4 Å². The molecule has 4 rings (SSSR count). The number of hydrogen-bond acceptors (Lipinski definition) is 7. The van der Waals surface area contributed by atoms with E-state index in [1.165, 1.54) is 13.2 Å². The average molecular weight is 470 g/mol. The lowest BCUT2D eigenvalue weighted by atomic mass is 9.98. The van der Waals surface area contributed by atoms with Gasteiger partial charge < -0.3 is 26.3 Å². The second kappa shape index (κ2) is 10.1. The Morgan fingerprint density at radius 3 is 2.65 bits per heavy atom. The molecule has 2 amide bonds. The molecule has 1 fully saturated rings. The molecule has 1 saturated heterocycles. The van der Waals surface area contributed by atoms with Crippen LogP contribution in [0.15, 0.2) is 53.9 Å². The molecule has 2 aliphatic heterocycles. The summed E-state index contributed by atoms with van der Waals surface area (Å²) in [5.74, 6) is -0.930. The Hall–Kier alpha value is -3.63. The lowest BCUT2D eigenvalue weighted by molar-refractivity contribution is -0.114. The van der Waals surface area contributed by atoms with Crippen molar-refractivity contribution in [3.63, 3.8) is 0 Å². The third kappa shape index (κ3) is 4.68. The van der Waals surface area contributed by atoms with Crippen LogP contribution in [0.25, 0.3) is 0 Å². The first-order valence-electron chi connectivity index (χ1n) is 11.0. The number of hydrazine groups is 1. The second-order valence-electron chi connectivity index (χ2n) is 8.18. The van der Waals surface area contributed by atoms with Crippen LogP contribution < -0.4 is 26.9 Å². The van der Waals surface area contributed by atoms with Crippen LogP contribution in [0.4, 0.5) is 4.39 Å². The van der Waals surface area contributed by atoms with E-state index in [0.29, 0.717) is 30.1 Å². The molecule has 180 valence electrons. The molecule has 34 heavy (non-hydrogen) atoms. The van der Waals surface area contributed by atoms with Gasteiger partial charge in [0.15, 0.2) is 0 Å². The first kappa shape index (κ1) is 23.5. The molecular weight excluding hydrogens is 441 g/mol. The van der Waals surface area contributed by atoms with Crippen molar-refractivity contribution in [1.82, 2.24) is 15.8 Å². The Morgan fingerprint density at radius 2 is 1.97 bits per heavy atom. The standard InChI is InChI=1S/C24H28FN5O4/c1-33-19-5-3-2-4-17(19)24(32)28-13-14-6-7-16(18(25)12-14)21-20(23(27)31)22(26)30(29-21)15-8-10-34-11-9-15/h2-7,12,15,21,29H,8-11,13,26H2,1H3,(H2,27,31)(H,28,32). The number of para-hydroxylation sites is 1. The van der Waals surface area contributed by atoms with E-state index in [4.69, 9.17) is 20.9 Å². The van der Waals surface area contributed by atoms with E-state index < -0.39 is 17.8 Å². The van der Waals surface area contributed by atoms with Crippen molar-refractivity contribution >= 4 is 11.8 Å². The minimum Gasteiger partial charge on any atom is -0.496 e. The molecule has 6 N–H and O–H groups in total. The zero-order valence-corrected chi connectivity index (χ0v) is 18.8. The number of ether oxygens (including phenoxy) is 2. The molecule has 2 aliphatic rings. The van der Waals surface area contributed by atoms with Gasteiger partial charge in [0.1, 0.15) is 17.4 Å². The third-order valence-electron chi connectivity index (χ3n) is 6.09. The van der Waals surface area contributed by atoms with Crippen LogP contribution in [0.1, 0.15) is 40.4 Å². The Bertz CT molecular complexity index is 1120. The van der Waals surface area contributed by atoms with Crippen molar-refractivity contribution < 1.29 is 23.5 Å². The van der Waals surface area contributed by atoms with Crippen molar-refractivity contribution in [1.29, 1.82) is 0 Å². The smallest absolute Gasteiger partial charge is 0.255 e. The largest absolute Gasteiger partial charge is 0.496 e. The molecule has 1 unspecified atom stereocenters. The van der Waals surface area contributed by atoms with Crippen molar-refractivity contribution in [2.45, 2.75) is 31.5 Å². The van der Waals surface area contributed by atoms with Gasteiger partial charge in [-0.05, 0) is 36.6 Å². The Balaban J connectivity index is 1.50. The Morgan fingerprint density at radius 1 is 1.24 bits per heavy atom. The molecule has 0 spiro atoms. The van der Waals surface area contributed by atoms with Gasteiger partial charge in [0, 0.05) is 25.3 Å². The molecular formula is C24H28FN5O4. The molecule has 0 aliphatic carbocycles. The number of nitrogens with one attached hydrogen (secondary N) is 2. The zero-order chi connectivity index (χ0) is 24.2. The van der Waals surface area contributed by atoms with Gasteiger partial charge in [-0.3, -0.25) is 14.6 Å². The summed E-state index contributed by atoms with van der Waals surface area (Å²) in [5, 5.41) is 4.47. The molecule has 9 nitrogen and oxygen atoms in total. The van der Waals surface area contributed by atoms with Gasteiger partial charge in [0.2, 0.25) is 5.91 Å². The van der Waals surface area contributed by atoms with E-state index in [1.807, 2.05) is 0 Å². The maximum atomic E-state index is 15.2. The quantitative estimate of drug-likeness (QED) is 0.483. The van der Waals surface area contributed by atoms with Crippen LogP contribution in [0.2, 0.25) is 0 Å². The lowest BCUT2D eigenvalue weighted by Gasteiger charge is -2.33. The van der Waals surface area contributed by atoms with E-state index in [9.17, 15) is 9.59 Å². The van der Waals surface area contributed by atoms with Gasteiger partial charge in [0.05, 0.1) is 30.3 Å². The van der Waals surface area contributed by atoms with Crippen LogP contribution in [-0.4, -0.2) is 43.2 Å². The maximum absolute atomic E-state index is 15.2. The fourth-order valence-corrected chi connectivity index (χ4v) is 4.31. The Kier molecular flexibility index (Phi) is 6.99. The fourth-order valence-electron chi connectivity index (χ4n) is 4.31. The summed E-state index contributed by atoms with van der Waals surface area (Å²) in [6.07, 6.45) is 1.44. The molecule has 0 bridgehead atoms. The monoisotopic (exact) mass is 469 g/mol. The van der Waals surface area contributed by atoms with E-state index in [2.05, 4.69) is 10.7 Å². The van der Waals surface area contributed by atoms with E-state index in [0.717, 1.165) is 12.8 Å². The summed E-state index contributed by atoms with van der Waals surface area (Å²) in [6, 6.07) is 10.6. The summed E-state index contributed by atoms with van der Waals surface area (Å²) >= 11 is 0. The van der Waals surface area contributed by atoms with Gasteiger partial charge >= 0.3 is 0 Å². The van der Waals surface area contributed by atoms with Crippen molar-refractivity contribution in [2.24, 2.45) is 11.5 Å². The number of benzene rings is 2. The highest BCUT2D eigenvalue weighted by Crippen LogP contribution is 2.34. The normalized spacial score (nSPS) is 18.8. The number of halogens is 1. The van der Waals surface area contributed by atoms with Gasteiger partial charge in [-0.1, -0.05) is 24.3 Å². The fraction of sp³-hybridized carbons (Fsp3) is 0.333. The summed E-state index contributed by atoms with van der Waals surface area (Å²) < 4.78 is 25.8. The number of methoxy groups -OCH3 is 1. The van der Waals surface area contributed by atoms with Crippen LogP contribution in [0.3, 0.4) is 0 Å². The molecule has 1 atom stereocenters. The summed E-state index contributed by atoms with van der Waals surface area (Å²) in [7, 11) is 1.49. The summed E-state index contributed by atoms with van der Waals surface area (Å²) in [4.78, 5) is 24.7. The number of carbonyl (C=O) groups excluding carboxylic acids is 2. The predicted octanol–water partition coefficient (Wildman–Crippen LogP) is 1.46. The molecule has 0 saturated carbocycles. The van der Waals surface area contributed by atoms with E-state index in [-0.39, 0.29) is 35.5 Å². The van der Waals surface area contributed by atoms with Gasteiger partial charge in [0.25, 0.3) is 5.91 Å². The van der Waals surface area contributed by atoms with Gasteiger partial charge in [-0.25, -0.2) is 9.82 Å². The molecule has 0 aromatic heterocycles.